The summed E-state index contributed by atoms with van der Waals surface area (Å²) >= 11 is 2.09. The summed E-state index contributed by atoms with van der Waals surface area (Å²) in [5.41, 5.74) is 10.7. The van der Waals surface area contributed by atoms with Crippen LogP contribution < -0.4 is 37.6 Å². The van der Waals surface area contributed by atoms with E-state index in [1.165, 1.54) is 110 Å². The maximum absolute atomic E-state index is 15.5. The average Bonchev–Trinajstić information content (AvgIpc) is 1.11. The van der Waals surface area contributed by atoms with Crippen molar-refractivity contribution < 1.29 is 91.7 Å². The molecule has 12 amide bonds. The number of ketones is 3. The van der Waals surface area contributed by atoms with Crippen LogP contribution in [-0.4, -0.2) is 260 Å². The van der Waals surface area contributed by atoms with Gasteiger partial charge in [-0.25, -0.2) is 4.98 Å². The third-order valence-electron chi connectivity index (χ3n) is 22.5. The monoisotopic (exact) mass is 1800 g/mol. The Labute approximate surface area is 752 Å². The van der Waals surface area contributed by atoms with Gasteiger partial charge >= 0.3 is 0 Å². The number of nitrogens with one attached hydrogen (secondary N) is 7. The van der Waals surface area contributed by atoms with Gasteiger partial charge in [0, 0.05) is 134 Å². The fraction of sp³-hybridized carbons (Fsp3) is 0.452. The standard InChI is InChI=1S/C93H118N14O19S2/c1-11-12-27-77-92(124)103(6)48-67(111)43-63(50-126-55-108)81(113)46-69(57(4)5)89(121)106(9)78(41-58-21-15-13-16-22-58)88(120)101-74(40-61-30-34-66(110)35-31-61)90(122)104(7)49-83(115)97-73(44-62-47-95-70-26-20-19-25-68(62)70)87(119)100-72(39-60-28-32-65(109)33-29-60)86(118)99-71(38-56(2)3)85(117)102-76(80(112)36-37-82(94)114)52-127-53-84(116)98-75(45-64-51-128-54-96-64)91(123)107(10)79(93(125)105(77)8)42-59-23-17-14-18-24-59/h13-26,28-35,47,51,54-57,63,69,71-79,95,109-110H,11-12,27,36-46,48-50,52-53H2,1-10H3,(H2,94,114)(H,97,115)(H,98,116)(H,99,118)(H,100,119)(H,101,120)(H,102,117)/t63-,69-,71-,72-,73-,74-,75-,76-,77-,78-,79-/m0/s1. The van der Waals surface area contributed by atoms with Crippen LogP contribution in [0.25, 0.3) is 10.9 Å². The molecule has 128 heavy (non-hydrogen) atoms. The molecule has 33 nitrogen and oxygen atoms in total. The normalized spacial score (nSPS) is 22.1. The van der Waals surface area contributed by atoms with E-state index < -0.39 is 211 Å². The molecule has 1 aliphatic rings. The number of carbonyl (C=O) groups is 16. The lowest BCUT2D eigenvalue weighted by molar-refractivity contribution is -0.151. The summed E-state index contributed by atoms with van der Waals surface area (Å²) in [5, 5.41) is 39.8. The highest BCUT2D eigenvalue weighted by atomic mass is 32.2. The van der Waals surface area contributed by atoms with Gasteiger partial charge in [-0.3, -0.25) is 76.7 Å². The molecule has 11 N–H and O–H groups in total. The number of rotatable bonds is 25. The molecule has 7 aromatic rings. The number of hydrogen-bond acceptors (Lipinski definition) is 22. The Balaban J connectivity index is 1.21. The number of benzene rings is 5. The Bertz CT molecular complexity index is 4980. The highest BCUT2D eigenvalue weighted by Crippen LogP contribution is 2.28. The zero-order valence-corrected chi connectivity index (χ0v) is 75.5. The molecular formula is C93H118N14O19S2. The molecule has 0 radical (unpaired) electrons. The maximum atomic E-state index is 15.5. The van der Waals surface area contributed by atoms with Crippen LogP contribution in [0.15, 0.2) is 151 Å². The Morgan fingerprint density at radius 1 is 0.547 bits per heavy atom. The summed E-state index contributed by atoms with van der Waals surface area (Å²) in [5.74, 6) is -16.4. The second-order valence-corrected chi connectivity index (χ2v) is 35.0. The van der Waals surface area contributed by atoms with E-state index in [1.807, 2.05) is 6.92 Å². The second kappa shape index (κ2) is 49.5. The first kappa shape index (κ1) is 101. The maximum Gasteiger partial charge on any atom is 0.293 e. The van der Waals surface area contributed by atoms with Gasteiger partial charge in [0.05, 0.1) is 42.0 Å². The molecule has 686 valence electrons. The van der Waals surface area contributed by atoms with E-state index in [4.69, 9.17) is 10.5 Å². The number of ether oxygens (including phenoxy) is 1. The Morgan fingerprint density at radius 3 is 1.66 bits per heavy atom. The highest BCUT2D eigenvalue weighted by Gasteiger charge is 2.42. The lowest BCUT2D eigenvalue weighted by Crippen LogP contribution is -2.59. The summed E-state index contributed by atoms with van der Waals surface area (Å²) in [4.78, 5) is 248. The number of phenolic OH excluding ortho intramolecular Hbond substituents is 2. The molecule has 0 bridgehead atoms. The third kappa shape index (κ3) is 30.3. The molecule has 5 aromatic carbocycles. The number of primary amides is 1. The highest BCUT2D eigenvalue weighted by molar-refractivity contribution is 8.00. The van der Waals surface area contributed by atoms with Crippen LogP contribution >= 0.6 is 23.1 Å². The lowest BCUT2D eigenvalue weighted by Gasteiger charge is -2.37. The third-order valence-corrected chi connectivity index (χ3v) is 24.2. The van der Waals surface area contributed by atoms with Gasteiger partial charge in [0.25, 0.3) is 6.47 Å². The number of thioether (sulfide) groups is 1. The van der Waals surface area contributed by atoms with Gasteiger partial charge in [-0.05, 0) is 82.8 Å². The number of likely N-dealkylation sites (N-methyl/N-ethyl adjacent to an activating group) is 5. The van der Waals surface area contributed by atoms with Gasteiger partial charge in [0.1, 0.15) is 72.2 Å². The number of fused-ring (bicyclic) bond motifs is 1. The number of Topliss-reactive ketones (excluding diaryl/α,β-unsaturated/α-hetero) is 3. The zero-order chi connectivity index (χ0) is 93.4. The van der Waals surface area contributed by atoms with Crippen molar-refractivity contribution in [3.8, 4) is 11.5 Å². The number of nitrogens with zero attached hydrogens (tertiary/aromatic N) is 6. The van der Waals surface area contributed by atoms with E-state index >= 15 is 38.4 Å². The largest absolute Gasteiger partial charge is 0.508 e. The Hall–Kier alpha value is -12.7. The minimum atomic E-state index is -1.58. The summed E-state index contributed by atoms with van der Waals surface area (Å²) < 4.78 is 5.15. The van der Waals surface area contributed by atoms with E-state index in [0.29, 0.717) is 57.3 Å². The number of nitrogens with two attached hydrogens (primary N) is 1. The number of unbranched alkanes of at least 4 members (excludes halogenated alkanes) is 1. The molecule has 35 heteroatoms. The van der Waals surface area contributed by atoms with Crippen LogP contribution in [0.1, 0.15) is 119 Å². The summed E-state index contributed by atoms with van der Waals surface area (Å²) in [6.07, 6.45) is -0.623. The Morgan fingerprint density at radius 2 is 1.08 bits per heavy atom. The molecular weight excluding hydrogens is 1680 g/mol. The van der Waals surface area contributed by atoms with Gasteiger partial charge in [-0.15, -0.1) is 23.1 Å². The molecule has 0 spiro atoms. The Kier molecular flexibility index (Phi) is 38.9. The second-order valence-electron chi connectivity index (χ2n) is 33.2. The fourth-order valence-corrected chi connectivity index (χ4v) is 16.7. The van der Waals surface area contributed by atoms with Crippen molar-refractivity contribution in [2.75, 3.05) is 66.4 Å². The van der Waals surface area contributed by atoms with Gasteiger partial charge in [-0.2, -0.15) is 0 Å². The quantitative estimate of drug-likeness (QED) is 0.0340. The van der Waals surface area contributed by atoms with Crippen LogP contribution in [0.2, 0.25) is 0 Å². The van der Waals surface area contributed by atoms with E-state index in [9.17, 15) is 48.6 Å². The van der Waals surface area contributed by atoms with Crippen molar-refractivity contribution in [2.45, 2.75) is 179 Å². The molecule has 1 aliphatic heterocycles. The van der Waals surface area contributed by atoms with E-state index in [-0.39, 0.29) is 81.0 Å². The first-order valence-corrected chi connectivity index (χ1v) is 44.8. The smallest absolute Gasteiger partial charge is 0.293 e. The predicted octanol–water partition coefficient (Wildman–Crippen LogP) is 4.90. The summed E-state index contributed by atoms with van der Waals surface area (Å²) in [7, 11) is 6.78. The number of aromatic nitrogens is 2. The number of thiazole rings is 1. The van der Waals surface area contributed by atoms with Crippen LogP contribution in [0.3, 0.4) is 0 Å². The van der Waals surface area contributed by atoms with Crippen molar-refractivity contribution in [2.24, 2.45) is 29.4 Å². The molecule has 8 rings (SSSR count). The molecule has 0 unspecified atom stereocenters. The molecule has 0 aliphatic carbocycles. The number of para-hydroxylation sites is 1. The number of aromatic hydroxyl groups is 2. The molecule has 0 saturated carbocycles. The van der Waals surface area contributed by atoms with E-state index in [1.54, 1.807) is 124 Å². The van der Waals surface area contributed by atoms with Crippen molar-refractivity contribution in [3.63, 3.8) is 0 Å². The topological polar surface area (TPSA) is 466 Å². The van der Waals surface area contributed by atoms with E-state index in [0.717, 1.165) is 26.5 Å². The molecule has 11 atom stereocenters. The summed E-state index contributed by atoms with van der Waals surface area (Å²) in [6.45, 7) is 6.86. The van der Waals surface area contributed by atoms with Crippen molar-refractivity contribution in [1.82, 2.24) is 66.4 Å². The van der Waals surface area contributed by atoms with E-state index in [2.05, 4.69) is 41.9 Å². The first-order valence-electron chi connectivity index (χ1n) is 42.7. The van der Waals surface area contributed by atoms with Gasteiger partial charge in [0.2, 0.25) is 70.9 Å². The average molecular weight is 1800 g/mol. The van der Waals surface area contributed by atoms with Crippen LogP contribution in [-0.2, 0) is 120 Å². The van der Waals surface area contributed by atoms with Crippen LogP contribution in [0.4, 0.5) is 0 Å². The number of phenols is 2. The van der Waals surface area contributed by atoms with Crippen molar-refractivity contribution in [1.29, 1.82) is 0 Å². The fourth-order valence-electron chi connectivity index (χ4n) is 15.3. The van der Waals surface area contributed by atoms with Crippen LogP contribution in [0, 0.1) is 23.7 Å². The SMILES string of the molecule is CCCC[C@H]1C(=O)N(C)CC(=O)C[C@@H](COC=O)C(=O)C[C@@H](C(C)C)C(=O)N(C)[C@@H](Cc2ccccc2)C(=O)N[C@@H](Cc2ccc(O)cc2)C(=O)N(C)CC(=O)N[C@@H](Cc2c[nH]c3ccccc23)C(=O)N[C@@H](Cc2ccc(O)cc2)C(=O)N[C@@H](CC(C)C)C(=O)N[C@H](C(=O)CCC(N)=O)CSCC(=O)N[C@@H](Cc2cscn2)C(=O)N(C)[C@@H](Cc2ccccc2)C(=O)N1C. The molecule has 1 fully saturated rings. The minimum absolute atomic E-state index is 0.0657. The molecule has 3 heterocycles. The zero-order valence-electron chi connectivity index (χ0n) is 73.9. The van der Waals surface area contributed by atoms with Crippen LogP contribution in [0.5, 0.6) is 11.5 Å². The number of hydrogen-bond donors (Lipinski definition) is 10. The number of carbonyl (C=O) groups excluding carboxylic acids is 16. The van der Waals surface area contributed by atoms with Gasteiger partial charge in [-0.1, -0.05) is 151 Å². The first-order chi connectivity index (χ1) is 61.0. The molecule has 2 aromatic heterocycles. The lowest BCUT2D eigenvalue weighted by atomic mass is 9.84. The van der Waals surface area contributed by atoms with Gasteiger partial charge < -0.3 is 82.1 Å². The van der Waals surface area contributed by atoms with Gasteiger partial charge in [0.15, 0.2) is 11.6 Å². The summed E-state index contributed by atoms with van der Waals surface area (Å²) in [6, 6.07) is 22.9. The number of amides is 12. The minimum Gasteiger partial charge on any atom is -0.508 e. The number of aromatic amines is 1. The van der Waals surface area contributed by atoms with Crippen molar-refractivity contribution >= 4 is 129 Å². The number of H-pyrrole nitrogens is 1. The molecule has 1 saturated heterocycles. The predicted molar refractivity (Wildman–Crippen MR) is 481 cm³/mol. The van der Waals surface area contributed by atoms with Crippen molar-refractivity contribution in [3.05, 3.63) is 184 Å².